The molecule has 5 aromatic carbocycles. The summed E-state index contributed by atoms with van der Waals surface area (Å²) in [6.45, 7) is -1.74. The minimum Gasteiger partial charge on any atom is -0.347 e. The molecule has 4 N–H and O–H groups in total. The third kappa shape index (κ3) is 12.9. The van der Waals surface area contributed by atoms with Crippen molar-refractivity contribution in [3.05, 3.63) is 205 Å². The maximum Gasteiger partial charge on any atom is 0.697 e. The van der Waals surface area contributed by atoms with E-state index in [0.29, 0.717) is 11.1 Å². The number of nitrogens with zero attached hydrogens (tertiary/aromatic N) is 10. The van der Waals surface area contributed by atoms with Crippen LogP contribution in [0.25, 0.3) is 22.3 Å². The van der Waals surface area contributed by atoms with Gasteiger partial charge >= 0.3 is 16.0 Å². The Morgan fingerprint density at radius 1 is 0.609 bits per heavy atom. The third-order valence-corrected chi connectivity index (χ3v) is 16.8. The van der Waals surface area contributed by atoms with E-state index in [1.807, 2.05) is 103 Å². The number of hydrogen-bond acceptors (Lipinski definition) is 19. The van der Waals surface area contributed by atoms with Gasteiger partial charge in [-0.25, -0.2) is 48.3 Å². The van der Waals surface area contributed by atoms with E-state index < -0.39 is 95.7 Å². The number of hydrogen-bond donors (Lipinski definition) is 4. The number of imidazole rings is 2. The molecule has 87 heavy (non-hydrogen) atoms. The molecule has 442 valence electrons. The van der Waals surface area contributed by atoms with E-state index in [0.717, 1.165) is 23.0 Å². The first-order valence-electron chi connectivity index (χ1n) is 27.3. The lowest BCUT2D eigenvalue weighted by atomic mass is 9.77. The second-order valence-electron chi connectivity index (χ2n) is 19.7. The lowest BCUT2D eigenvalue weighted by Crippen LogP contribution is -2.50. The molecule has 4 aromatic heterocycles. The molecule has 24 nitrogen and oxygen atoms in total. The molecule has 2 amide bonds. The van der Waals surface area contributed by atoms with Gasteiger partial charge in [-0.15, -0.1) is 9.05 Å². The van der Waals surface area contributed by atoms with Gasteiger partial charge in [0.05, 0.1) is 49.8 Å². The van der Waals surface area contributed by atoms with Gasteiger partial charge in [-0.1, -0.05) is 127 Å². The minimum absolute atomic E-state index is 0.00222. The van der Waals surface area contributed by atoms with Crippen LogP contribution in [0.2, 0.25) is 0 Å². The lowest BCUT2D eigenvalue weighted by molar-refractivity contribution is -0.0242. The van der Waals surface area contributed by atoms with Crippen molar-refractivity contribution in [3.63, 3.8) is 0 Å². The number of ether oxygens (including phenoxy) is 2. The maximum absolute atomic E-state index is 18.2. The van der Waals surface area contributed by atoms with Crippen molar-refractivity contribution in [1.82, 2.24) is 49.4 Å². The van der Waals surface area contributed by atoms with Crippen LogP contribution in [0, 0.1) is 22.7 Å². The van der Waals surface area contributed by atoms with E-state index >= 15 is 13.3 Å². The molecule has 0 spiro atoms. The monoisotopic (exact) mass is 1220 g/mol. The van der Waals surface area contributed by atoms with Gasteiger partial charge in [-0.3, -0.25) is 33.1 Å². The molecule has 2 aliphatic rings. The van der Waals surface area contributed by atoms with E-state index in [9.17, 15) is 19.4 Å². The fourth-order valence-corrected chi connectivity index (χ4v) is 12.6. The summed E-state index contributed by atoms with van der Waals surface area (Å²) in [5.74, 6) is -1.00. The van der Waals surface area contributed by atoms with Crippen molar-refractivity contribution in [1.29, 1.82) is 10.5 Å². The summed E-state index contributed by atoms with van der Waals surface area (Å²) in [6.07, 6.45) is -9.96. The standard InChI is InChI=1S/C59H52F2N14O10P2/c60-45-49(84-86(78)80-30-16-28-62)44(83-57(45)74-36-68-47-51(64-34-66-53(47)74)72-55(76)38-18-6-1-7-19-38)33-71-87(79,81-31-17-29-63)85-50-43(32-70-59(40-22-10-3-11-23-40,41-24-12-4-13-25-41)42-26-14-5-15-27-42)82-58(46(50)61)75-37-69-48-52(65-35-67-54(48)75)73-56(77)39-20-8-2-9-21-39/h1-15,18-27,34-37,43-46,49-50,57-58,70H,16-17,30-33H2,(H2-,64,65,66,67,71,72,73,76,77,79)/p+1/t43-,44-,45-,46-,49-,50-,57-,58-,87?/m1/s1. The maximum atomic E-state index is 18.2. The van der Waals surface area contributed by atoms with Crippen LogP contribution in [0.5, 0.6) is 0 Å². The molecule has 2 saturated heterocycles. The first-order chi connectivity index (χ1) is 42.5. The summed E-state index contributed by atoms with van der Waals surface area (Å²) in [4.78, 5) is 52.6. The summed E-state index contributed by atoms with van der Waals surface area (Å²) in [6, 6.07) is 49.1. The number of alkyl halides is 2. The fraction of sp³-hybridized carbons (Fsp3) is 0.254. The zero-order valence-electron chi connectivity index (χ0n) is 45.8. The van der Waals surface area contributed by atoms with E-state index in [1.54, 1.807) is 60.7 Å². The van der Waals surface area contributed by atoms with Crippen LogP contribution in [-0.2, 0) is 42.2 Å². The predicted molar refractivity (Wildman–Crippen MR) is 310 cm³/mol. The van der Waals surface area contributed by atoms with Crippen LogP contribution < -0.4 is 21.0 Å². The fourth-order valence-electron chi connectivity index (χ4n) is 10.3. The van der Waals surface area contributed by atoms with Gasteiger partial charge in [-0.05, 0) is 41.0 Å². The topological polar surface area (TPSA) is 307 Å². The molecule has 2 fully saturated rings. The molecule has 0 aliphatic carbocycles. The van der Waals surface area contributed by atoms with Crippen LogP contribution in [0.15, 0.2) is 177 Å². The van der Waals surface area contributed by atoms with Gasteiger partial charge in [0.2, 0.25) is 0 Å². The van der Waals surface area contributed by atoms with Crippen molar-refractivity contribution in [3.8, 4) is 12.1 Å². The van der Waals surface area contributed by atoms with Gasteiger partial charge in [0.25, 0.3) is 11.8 Å². The largest absolute Gasteiger partial charge is 0.697 e. The quantitative estimate of drug-likeness (QED) is 0.0235. The number of carbonyl (C=O) groups is 2. The SMILES string of the molecule is N#CCCO[P+](=O)O[C@H]1[C@@H](F)[C@H](n2cnc3c(NC(=O)c4ccccc4)ncnc32)O[C@@H]1CNP(=O)(OCCC#N)O[C@H]1[C@@H](F)[C@H](n2cnc3c(NC(=O)c4ccccc4)ncnc32)O[C@@H]1CNC(c1ccccc1)(c1ccccc1)c1ccccc1. The number of rotatable bonds is 25. The number of halogens is 2. The van der Waals surface area contributed by atoms with Gasteiger partial charge < -0.3 is 20.1 Å². The van der Waals surface area contributed by atoms with Crippen molar-refractivity contribution >= 4 is 61.8 Å². The number of benzene rings is 5. The first kappa shape index (κ1) is 59.7. The number of carbonyl (C=O) groups excluding carboxylic acids is 2. The second-order valence-corrected chi connectivity index (χ2v) is 22.4. The highest BCUT2D eigenvalue weighted by Crippen LogP contribution is 2.51. The molecule has 0 bridgehead atoms. The Labute approximate surface area is 496 Å². The highest BCUT2D eigenvalue weighted by atomic mass is 31.2. The zero-order chi connectivity index (χ0) is 60.3. The number of nitriles is 2. The summed E-state index contributed by atoms with van der Waals surface area (Å²) >= 11 is 0. The van der Waals surface area contributed by atoms with Crippen molar-refractivity contribution in [2.45, 2.75) is 67.6 Å². The second kappa shape index (κ2) is 27.1. The lowest BCUT2D eigenvalue weighted by Gasteiger charge is -2.38. The van der Waals surface area contributed by atoms with Crippen molar-refractivity contribution < 1.29 is 55.1 Å². The van der Waals surface area contributed by atoms with Crippen LogP contribution in [0.1, 0.15) is 62.7 Å². The van der Waals surface area contributed by atoms with E-state index in [-0.39, 0.29) is 60.0 Å². The van der Waals surface area contributed by atoms with Gasteiger partial charge in [0.1, 0.15) is 37.6 Å². The Morgan fingerprint density at radius 2 is 1.05 bits per heavy atom. The molecule has 2 aliphatic heterocycles. The molecule has 10 atom stereocenters. The molecule has 6 heterocycles. The number of amides is 2. The predicted octanol–water partition coefficient (Wildman–Crippen LogP) is 9.21. The molecule has 28 heteroatoms. The highest BCUT2D eigenvalue weighted by molar-refractivity contribution is 7.51. The third-order valence-electron chi connectivity index (χ3n) is 14.4. The number of fused-ring (bicyclic) bond motifs is 2. The molecule has 0 saturated carbocycles. The van der Waals surface area contributed by atoms with E-state index in [4.69, 9.17) is 32.8 Å². The highest BCUT2D eigenvalue weighted by Gasteiger charge is 2.55. The Balaban J connectivity index is 0.930. The smallest absolute Gasteiger partial charge is 0.347 e. The Bertz CT molecular complexity index is 3910. The Hall–Kier alpha value is -9.01. The Morgan fingerprint density at radius 3 is 1.52 bits per heavy atom. The number of aromatic nitrogens is 8. The molecule has 11 rings (SSSR count). The average molecular weight is 1220 g/mol. The summed E-state index contributed by atoms with van der Waals surface area (Å²) < 4.78 is 103. The summed E-state index contributed by atoms with van der Waals surface area (Å²) in [5.41, 5.74) is 2.07. The first-order valence-corrected chi connectivity index (χ1v) is 29.9. The number of anilines is 2. The average Bonchev–Trinajstić information content (AvgIpc) is 2.03. The Kier molecular flexibility index (Phi) is 18.6. The van der Waals surface area contributed by atoms with Gasteiger partial charge in [0, 0.05) is 28.8 Å². The van der Waals surface area contributed by atoms with E-state index in [2.05, 4.69) is 50.9 Å². The molecule has 2 unspecified atom stereocenters. The van der Waals surface area contributed by atoms with Crippen LogP contribution in [-0.4, -0.2) is 114 Å². The number of nitrogens with one attached hydrogen (secondary N) is 4. The summed E-state index contributed by atoms with van der Waals surface area (Å²) in [5, 5.41) is 30.6. The molecular weight excluding hydrogens is 1160 g/mol. The van der Waals surface area contributed by atoms with Crippen LogP contribution >= 0.6 is 16.0 Å². The molecular formula is C59H53F2N14O10P2+. The molecule has 9 aromatic rings. The van der Waals surface area contributed by atoms with Crippen molar-refractivity contribution in [2.24, 2.45) is 0 Å². The molecule has 0 radical (unpaired) electrons. The van der Waals surface area contributed by atoms with Crippen LogP contribution in [0.4, 0.5) is 20.4 Å². The van der Waals surface area contributed by atoms with Gasteiger partial charge in [0.15, 0.2) is 64.9 Å². The summed E-state index contributed by atoms with van der Waals surface area (Å²) in [7, 11) is -8.08. The zero-order valence-corrected chi connectivity index (χ0v) is 47.6. The normalized spacial score (nSPS) is 21.0. The van der Waals surface area contributed by atoms with Crippen molar-refractivity contribution in [2.75, 3.05) is 36.9 Å². The minimum atomic E-state index is -4.96. The van der Waals surface area contributed by atoms with E-state index in [1.165, 1.54) is 28.1 Å². The van der Waals surface area contributed by atoms with Gasteiger partial charge in [-0.2, -0.15) is 10.5 Å². The van der Waals surface area contributed by atoms with Crippen LogP contribution in [0.3, 0.4) is 0 Å².